The van der Waals surface area contributed by atoms with E-state index in [1.165, 1.54) is 0 Å². The minimum atomic E-state index is 0.432. The third-order valence-corrected chi connectivity index (χ3v) is 1.73. The van der Waals surface area contributed by atoms with Crippen LogP contribution in [-0.4, -0.2) is 30.2 Å². The van der Waals surface area contributed by atoms with Crippen molar-refractivity contribution in [3.63, 3.8) is 0 Å². The van der Waals surface area contributed by atoms with Crippen molar-refractivity contribution in [2.75, 3.05) is 31.3 Å². The number of methoxy groups -OCH3 is 1. The number of nitrogens with zero attached hydrogens (tertiary/aromatic N) is 2. The summed E-state index contributed by atoms with van der Waals surface area (Å²) in [5.74, 6) is 1.03. The molecular weight excluding hydrogens is 180 g/mol. The summed E-state index contributed by atoms with van der Waals surface area (Å²) in [6, 6.07) is 0. The Bertz CT molecular complexity index is 262. The van der Waals surface area contributed by atoms with Crippen molar-refractivity contribution in [3.05, 3.63) is 12.4 Å². The number of nitrogens with two attached hydrogens (primary N) is 1. The molecular formula is C9H16N4O. The molecule has 0 bridgehead atoms. The van der Waals surface area contributed by atoms with E-state index < -0.39 is 0 Å². The number of ether oxygens (including phenoxy) is 1. The topological polar surface area (TPSA) is 73.1 Å². The van der Waals surface area contributed by atoms with Crippen LogP contribution in [0.1, 0.15) is 6.92 Å². The molecule has 0 amide bonds. The SMILES string of the molecule is COCC(C)CNc1ncc(N)cn1. The molecule has 1 rings (SSSR count). The van der Waals surface area contributed by atoms with Crippen LogP contribution in [0.2, 0.25) is 0 Å². The monoisotopic (exact) mass is 196 g/mol. The molecule has 0 spiro atoms. The molecule has 5 heteroatoms. The number of aromatic nitrogens is 2. The fourth-order valence-electron chi connectivity index (χ4n) is 1.04. The van der Waals surface area contributed by atoms with Crippen LogP contribution in [-0.2, 0) is 4.74 Å². The molecule has 5 nitrogen and oxygen atoms in total. The molecule has 14 heavy (non-hydrogen) atoms. The van der Waals surface area contributed by atoms with Gasteiger partial charge in [-0.05, 0) is 5.92 Å². The van der Waals surface area contributed by atoms with E-state index in [1.807, 2.05) is 0 Å². The van der Waals surface area contributed by atoms with Gasteiger partial charge in [0, 0.05) is 13.7 Å². The second-order valence-corrected chi connectivity index (χ2v) is 3.28. The van der Waals surface area contributed by atoms with Crippen LogP contribution in [0.4, 0.5) is 11.6 Å². The lowest BCUT2D eigenvalue weighted by Crippen LogP contribution is -2.17. The fraction of sp³-hybridized carbons (Fsp3) is 0.556. The van der Waals surface area contributed by atoms with Crippen molar-refractivity contribution in [2.45, 2.75) is 6.92 Å². The molecule has 1 aromatic rings. The third-order valence-electron chi connectivity index (χ3n) is 1.73. The standard InChI is InChI=1S/C9H16N4O/c1-7(6-14-2)3-11-9-12-4-8(10)5-13-9/h4-5,7H,3,6,10H2,1-2H3,(H,11,12,13). The fourth-order valence-corrected chi connectivity index (χ4v) is 1.04. The Morgan fingerprint density at radius 2 is 2.14 bits per heavy atom. The summed E-state index contributed by atoms with van der Waals surface area (Å²) < 4.78 is 5.01. The highest BCUT2D eigenvalue weighted by Gasteiger charge is 2.01. The zero-order chi connectivity index (χ0) is 10.4. The number of nitrogen functional groups attached to an aromatic ring is 1. The zero-order valence-electron chi connectivity index (χ0n) is 8.53. The van der Waals surface area contributed by atoms with E-state index in [2.05, 4.69) is 22.2 Å². The van der Waals surface area contributed by atoms with E-state index in [-0.39, 0.29) is 0 Å². The predicted octanol–water partition coefficient (Wildman–Crippen LogP) is 0.753. The van der Waals surface area contributed by atoms with Crippen molar-refractivity contribution < 1.29 is 4.74 Å². The van der Waals surface area contributed by atoms with E-state index >= 15 is 0 Å². The Labute approximate surface area is 83.7 Å². The second kappa shape index (κ2) is 5.39. The number of hydrogen-bond donors (Lipinski definition) is 2. The lowest BCUT2D eigenvalue weighted by molar-refractivity contribution is 0.164. The maximum absolute atomic E-state index is 5.46. The van der Waals surface area contributed by atoms with E-state index in [1.54, 1.807) is 19.5 Å². The highest BCUT2D eigenvalue weighted by molar-refractivity contribution is 5.35. The van der Waals surface area contributed by atoms with Crippen molar-refractivity contribution in [1.82, 2.24) is 9.97 Å². The first kappa shape index (κ1) is 10.7. The summed E-state index contributed by atoms with van der Waals surface area (Å²) in [7, 11) is 1.69. The third kappa shape index (κ3) is 3.57. The molecule has 0 radical (unpaired) electrons. The van der Waals surface area contributed by atoms with Crippen LogP contribution in [0.3, 0.4) is 0 Å². The average Bonchev–Trinajstić information content (AvgIpc) is 2.17. The summed E-state index contributed by atoms with van der Waals surface area (Å²) in [6.45, 7) is 3.60. The van der Waals surface area contributed by atoms with Gasteiger partial charge in [-0.15, -0.1) is 0 Å². The number of rotatable bonds is 5. The van der Waals surface area contributed by atoms with E-state index in [9.17, 15) is 0 Å². The van der Waals surface area contributed by atoms with Crippen LogP contribution >= 0.6 is 0 Å². The minimum Gasteiger partial charge on any atom is -0.396 e. The molecule has 0 aliphatic heterocycles. The summed E-state index contributed by atoms with van der Waals surface area (Å²) in [6.07, 6.45) is 3.16. The van der Waals surface area contributed by atoms with Gasteiger partial charge in [0.25, 0.3) is 0 Å². The highest BCUT2D eigenvalue weighted by atomic mass is 16.5. The molecule has 0 saturated carbocycles. The van der Waals surface area contributed by atoms with Crippen molar-refractivity contribution in [3.8, 4) is 0 Å². The molecule has 0 fully saturated rings. The van der Waals surface area contributed by atoms with Crippen LogP contribution < -0.4 is 11.1 Å². The number of hydrogen-bond acceptors (Lipinski definition) is 5. The Morgan fingerprint density at radius 3 is 2.71 bits per heavy atom. The van der Waals surface area contributed by atoms with E-state index in [0.717, 1.165) is 13.2 Å². The zero-order valence-corrected chi connectivity index (χ0v) is 8.53. The van der Waals surface area contributed by atoms with Crippen molar-refractivity contribution >= 4 is 11.6 Å². The summed E-state index contributed by atoms with van der Waals surface area (Å²) in [5.41, 5.74) is 6.03. The quantitative estimate of drug-likeness (QED) is 0.727. The van der Waals surface area contributed by atoms with Gasteiger partial charge >= 0.3 is 0 Å². The van der Waals surface area contributed by atoms with Gasteiger partial charge in [-0.1, -0.05) is 6.92 Å². The van der Waals surface area contributed by atoms with Crippen LogP contribution in [0, 0.1) is 5.92 Å². The van der Waals surface area contributed by atoms with Gasteiger partial charge < -0.3 is 15.8 Å². The highest BCUT2D eigenvalue weighted by Crippen LogP contribution is 2.02. The van der Waals surface area contributed by atoms with Crippen molar-refractivity contribution in [2.24, 2.45) is 5.92 Å². The summed E-state index contributed by atoms with van der Waals surface area (Å²) in [4.78, 5) is 8.04. The van der Waals surface area contributed by atoms with Gasteiger partial charge in [0.15, 0.2) is 0 Å². The minimum absolute atomic E-state index is 0.432. The Hall–Kier alpha value is -1.36. The Balaban J connectivity index is 2.34. The Kier molecular flexibility index (Phi) is 4.12. The predicted molar refractivity (Wildman–Crippen MR) is 56.0 cm³/mol. The molecule has 1 atom stereocenters. The molecule has 0 aliphatic carbocycles. The maximum atomic E-state index is 5.46. The van der Waals surface area contributed by atoms with E-state index in [4.69, 9.17) is 10.5 Å². The molecule has 0 aliphatic rings. The summed E-state index contributed by atoms with van der Waals surface area (Å²) >= 11 is 0. The van der Waals surface area contributed by atoms with Crippen LogP contribution in [0.5, 0.6) is 0 Å². The lowest BCUT2D eigenvalue weighted by atomic mass is 10.2. The first-order valence-corrected chi connectivity index (χ1v) is 4.52. The molecule has 1 aromatic heterocycles. The first-order chi connectivity index (χ1) is 6.72. The normalized spacial score (nSPS) is 12.4. The Morgan fingerprint density at radius 1 is 1.50 bits per heavy atom. The van der Waals surface area contributed by atoms with Crippen LogP contribution in [0.25, 0.3) is 0 Å². The number of nitrogens with one attached hydrogen (secondary N) is 1. The maximum Gasteiger partial charge on any atom is 0.222 e. The second-order valence-electron chi connectivity index (χ2n) is 3.28. The molecule has 0 aromatic carbocycles. The van der Waals surface area contributed by atoms with Gasteiger partial charge in [-0.3, -0.25) is 0 Å². The number of anilines is 2. The van der Waals surface area contributed by atoms with Crippen LogP contribution in [0.15, 0.2) is 12.4 Å². The van der Waals surface area contributed by atoms with E-state index in [0.29, 0.717) is 17.6 Å². The van der Waals surface area contributed by atoms with Gasteiger partial charge in [0.2, 0.25) is 5.95 Å². The van der Waals surface area contributed by atoms with Crippen molar-refractivity contribution in [1.29, 1.82) is 0 Å². The van der Waals surface area contributed by atoms with Gasteiger partial charge in [-0.25, -0.2) is 9.97 Å². The average molecular weight is 196 g/mol. The molecule has 1 heterocycles. The first-order valence-electron chi connectivity index (χ1n) is 4.52. The van der Waals surface area contributed by atoms with Gasteiger partial charge in [0.05, 0.1) is 24.7 Å². The molecule has 78 valence electrons. The molecule has 0 saturated heterocycles. The largest absolute Gasteiger partial charge is 0.396 e. The lowest BCUT2D eigenvalue weighted by Gasteiger charge is -2.10. The van der Waals surface area contributed by atoms with Gasteiger partial charge in [-0.2, -0.15) is 0 Å². The molecule has 1 unspecified atom stereocenters. The molecule has 3 N–H and O–H groups in total. The summed E-state index contributed by atoms with van der Waals surface area (Å²) in [5, 5.41) is 3.10. The van der Waals surface area contributed by atoms with Gasteiger partial charge in [0.1, 0.15) is 0 Å². The smallest absolute Gasteiger partial charge is 0.222 e.